The molecular weight excluding hydrogens is 442 g/mol. The van der Waals surface area contributed by atoms with Crippen molar-refractivity contribution in [2.45, 2.75) is 17.9 Å². The first kappa shape index (κ1) is 22.5. The fourth-order valence-corrected chi connectivity index (χ4v) is 5.35. The van der Waals surface area contributed by atoms with Gasteiger partial charge in [-0.2, -0.15) is 0 Å². The van der Waals surface area contributed by atoms with E-state index in [1.807, 2.05) is 36.4 Å². The van der Waals surface area contributed by atoms with Crippen molar-refractivity contribution in [3.63, 3.8) is 0 Å². The van der Waals surface area contributed by atoms with E-state index in [0.717, 1.165) is 15.1 Å². The van der Waals surface area contributed by atoms with Crippen molar-refractivity contribution in [1.82, 2.24) is 4.98 Å². The zero-order valence-electron chi connectivity index (χ0n) is 16.6. The Morgan fingerprint density at radius 3 is 2.60 bits per heavy atom. The van der Waals surface area contributed by atoms with Gasteiger partial charge in [-0.25, -0.2) is 4.98 Å². The van der Waals surface area contributed by atoms with Gasteiger partial charge in [-0.15, -0.1) is 11.3 Å². The average Bonchev–Trinajstić information content (AvgIpc) is 3.20. The van der Waals surface area contributed by atoms with Crippen LogP contribution in [0.5, 0.6) is 11.5 Å². The monoisotopic (exact) mass is 463 g/mol. The van der Waals surface area contributed by atoms with E-state index in [4.69, 9.17) is 14.2 Å². The minimum Gasteiger partial charge on any atom is -0.493 e. The summed E-state index contributed by atoms with van der Waals surface area (Å²) in [4.78, 5) is 29.2. The molecule has 0 saturated carbocycles. The van der Waals surface area contributed by atoms with Crippen LogP contribution in [0, 0.1) is 0 Å². The Bertz CT molecular complexity index is 966. The fraction of sp³-hybridized carbons (Fsp3) is 0.286. The number of aromatic nitrogens is 1. The highest BCUT2D eigenvalue weighted by Gasteiger charge is 2.15. The Morgan fingerprint density at radius 1 is 1.07 bits per heavy atom. The second-order valence-electron chi connectivity index (χ2n) is 6.07. The molecule has 3 rings (SSSR count). The van der Waals surface area contributed by atoms with Gasteiger partial charge in [0.15, 0.2) is 17.3 Å². The smallest absolute Gasteiger partial charge is 0.306 e. The topological polar surface area (TPSA) is 74.7 Å². The highest BCUT2D eigenvalue weighted by atomic mass is 33.1. The first-order valence-corrected chi connectivity index (χ1v) is 12.3. The van der Waals surface area contributed by atoms with Crippen molar-refractivity contribution in [2.75, 3.05) is 26.6 Å². The van der Waals surface area contributed by atoms with Gasteiger partial charge in [0.2, 0.25) is 0 Å². The lowest BCUT2D eigenvalue weighted by atomic mass is 10.1. The molecule has 0 unspecified atom stereocenters. The summed E-state index contributed by atoms with van der Waals surface area (Å²) in [6, 6.07) is 11.2. The van der Waals surface area contributed by atoms with E-state index in [-0.39, 0.29) is 24.6 Å². The van der Waals surface area contributed by atoms with E-state index in [2.05, 4.69) is 4.98 Å². The number of hydrogen-bond acceptors (Lipinski definition) is 9. The predicted molar refractivity (Wildman–Crippen MR) is 122 cm³/mol. The predicted octanol–water partition coefficient (Wildman–Crippen LogP) is 5.26. The first-order valence-electron chi connectivity index (χ1n) is 9.15. The van der Waals surface area contributed by atoms with E-state index in [1.54, 1.807) is 31.2 Å². The Morgan fingerprint density at radius 2 is 1.87 bits per heavy atom. The zero-order valence-corrected chi connectivity index (χ0v) is 19.0. The van der Waals surface area contributed by atoms with E-state index in [0.29, 0.717) is 28.7 Å². The van der Waals surface area contributed by atoms with Gasteiger partial charge in [0.05, 0.1) is 25.5 Å². The molecule has 0 amide bonds. The van der Waals surface area contributed by atoms with Gasteiger partial charge in [0.25, 0.3) is 0 Å². The molecule has 0 atom stereocenters. The second-order valence-corrected chi connectivity index (χ2v) is 9.59. The summed E-state index contributed by atoms with van der Waals surface area (Å²) >= 11 is 1.38. The minimum absolute atomic E-state index is 0.0672. The molecule has 3 aromatic rings. The lowest BCUT2D eigenvalue weighted by Gasteiger charge is -2.06. The molecule has 0 N–H and O–H groups in total. The zero-order chi connectivity index (χ0) is 21.3. The molecule has 0 bridgehead atoms. The normalized spacial score (nSPS) is 10.7. The molecule has 30 heavy (non-hydrogen) atoms. The molecule has 0 saturated heterocycles. The summed E-state index contributed by atoms with van der Waals surface area (Å²) in [6.07, 6.45) is 1.93. The molecular formula is C21H21NO5S3. The summed E-state index contributed by atoms with van der Waals surface area (Å²) in [7, 11) is 6.25. The van der Waals surface area contributed by atoms with Crippen LogP contribution in [0.25, 0.3) is 10.1 Å². The quantitative estimate of drug-likeness (QED) is 0.165. The number of carbonyl (C=O) groups excluding carboxylic acids is 2. The maximum Gasteiger partial charge on any atom is 0.306 e. The molecule has 2 heterocycles. The highest BCUT2D eigenvalue weighted by molar-refractivity contribution is 8.76. The van der Waals surface area contributed by atoms with Crippen LogP contribution >= 0.6 is 32.9 Å². The Kier molecular flexibility index (Phi) is 8.41. The molecule has 0 aliphatic heterocycles. The molecule has 158 valence electrons. The van der Waals surface area contributed by atoms with Crippen molar-refractivity contribution in [3.8, 4) is 11.5 Å². The Balaban J connectivity index is 1.42. The van der Waals surface area contributed by atoms with Crippen LogP contribution in [0.15, 0.2) is 47.6 Å². The standard InChI is InChI=1S/C21H21NO5S3/c1-25-16-11-14-12-19(29-18(14)13-17(16)26-2)15(23)6-7-21(24)27-9-10-28-30-20-5-3-4-8-22-20/h3-5,8,11-13H,6-7,9-10H2,1-2H3. The van der Waals surface area contributed by atoms with Crippen LogP contribution in [0.1, 0.15) is 22.5 Å². The fourth-order valence-electron chi connectivity index (χ4n) is 2.60. The summed E-state index contributed by atoms with van der Waals surface area (Å²) in [5.41, 5.74) is 0. The number of fused-ring (bicyclic) bond motifs is 1. The number of rotatable bonds is 11. The van der Waals surface area contributed by atoms with Crippen molar-refractivity contribution in [1.29, 1.82) is 0 Å². The van der Waals surface area contributed by atoms with Crippen LogP contribution in [-0.2, 0) is 9.53 Å². The van der Waals surface area contributed by atoms with Crippen molar-refractivity contribution in [2.24, 2.45) is 0 Å². The van der Waals surface area contributed by atoms with Crippen LogP contribution in [0.3, 0.4) is 0 Å². The molecule has 0 radical (unpaired) electrons. The van der Waals surface area contributed by atoms with Crippen molar-refractivity contribution >= 4 is 54.8 Å². The van der Waals surface area contributed by atoms with Crippen molar-refractivity contribution in [3.05, 3.63) is 47.5 Å². The van der Waals surface area contributed by atoms with Crippen LogP contribution in [0.4, 0.5) is 0 Å². The number of nitrogens with zero attached hydrogens (tertiary/aromatic N) is 1. The number of carbonyl (C=O) groups is 2. The van der Waals surface area contributed by atoms with Gasteiger partial charge in [-0.1, -0.05) is 16.9 Å². The van der Waals surface area contributed by atoms with Crippen LogP contribution in [0.2, 0.25) is 0 Å². The molecule has 0 aliphatic carbocycles. The Labute approximate surface area is 186 Å². The molecule has 1 aromatic carbocycles. The largest absolute Gasteiger partial charge is 0.493 e. The number of pyridine rings is 1. The highest BCUT2D eigenvalue weighted by Crippen LogP contribution is 2.36. The lowest BCUT2D eigenvalue weighted by Crippen LogP contribution is -2.09. The van der Waals surface area contributed by atoms with E-state index >= 15 is 0 Å². The third-order valence-electron chi connectivity index (χ3n) is 4.07. The van der Waals surface area contributed by atoms with Gasteiger partial charge < -0.3 is 14.2 Å². The number of methoxy groups -OCH3 is 2. The number of thiophene rings is 1. The van der Waals surface area contributed by atoms with E-state index in [9.17, 15) is 9.59 Å². The summed E-state index contributed by atoms with van der Waals surface area (Å²) in [5, 5.41) is 1.82. The summed E-state index contributed by atoms with van der Waals surface area (Å²) < 4.78 is 16.7. The molecule has 2 aromatic heterocycles. The molecule has 9 heteroatoms. The van der Waals surface area contributed by atoms with Gasteiger partial charge >= 0.3 is 5.97 Å². The second kappa shape index (κ2) is 11.2. The SMILES string of the molecule is COc1cc2cc(C(=O)CCC(=O)OCCSSc3ccccn3)sc2cc1OC. The number of ether oxygens (including phenoxy) is 3. The number of Topliss-reactive ketones (excluding diaryl/α,β-unsaturated/α-hetero) is 1. The maximum atomic E-state index is 12.5. The average molecular weight is 464 g/mol. The van der Waals surface area contributed by atoms with Crippen molar-refractivity contribution < 1.29 is 23.8 Å². The van der Waals surface area contributed by atoms with Crippen LogP contribution < -0.4 is 9.47 Å². The molecule has 0 aliphatic rings. The summed E-state index contributed by atoms with van der Waals surface area (Å²) in [5.74, 6) is 1.45. The third kappa shape index (κ3) is 6.13. The number of esters is 1. The molecule has 0 fully saturated rings. The molecule has 0 spiro atoms. The number of hydrogen-bond donors (Lipinski definition) is 0. The summed E-state index contributed by atoms with van der Waals surface area (Å²) in [6.45, 7) is 0.306. The van der Waals surface area contributed by atoms with E-state index < -0.39 is 0 Å². The lowest BCUT2D eigenvalue weighted by molar-refractivity contribution is -0.142. The van der Waals surface area contributed by atoms with Gasteiger partial charge in [-0.05, 0) is 40.4 Å². The minimum atomic E-state index is -0.365. The third-order valence-corrected chi connectivity index (χ3v) is 7.43. The van der Waals surface area contributed by atoms with Gasteiger partial charge in [0.1, 0.15) is 11.6 Å². The van der Waals surface area contributed by atoms with Gasteiger partial charge in [0, 0.05) is 29.1 Å². The van der Waals surface area contributed by atoms with E-state index in [1.165, 1.54) is 22.1 Å². The maximum absolute atomic E-state index is 12.5. The van der Waals surface area contributed by atoms with Gasteiger partial charge in [-0.3, -0.25) is 9.59 Å². The van der Waals surface area contributed by atoms with Crippen LogP contribution in [-0.4, -0.2) is 43.3 Å². The molecule has 6 nitrogen and oxygen atoms in total. The number of benzene rings is 1. The number of ketones is 1. The first-order chi connectivity index (χ1) is 14.6. The Hall–Kier alpha value is -2.23.